The second kappa shape index (κ2) is 10.3. The summed E-state index contributed by atoms with van der Waals surface area (Å²) in [6.07, 6.45) is 8.39. The van der Waals surface area contributed by atoms with Crippen LogP contribution in [0.1, 0.15) is 41.0 Å². The summed E-state index contributed by atoms with van der Waals surface area (Å²) < 4.78 is 31.2. The van der Waals surface area contributed by atoms with Crippen molar-refractivity contribution < 1.29 is 13.2 Å². The highest BCUT2D eigenvalue weighted by Gasteiger charge is 2.23. The molecule has 3 aromatic rings. The largest absolute Gasteiger partial charge is 0.486 e. The lowest BCUT2D eigenvalue weighted by Gasteiger charge is -2.24. The van der Waals surface area contributed by atoms with Gasteiger partial charge in [-0.1, -0.05) is 29.8 Å². The molecule has 184 valence electrons. The Bertz CT molecular complexity index is 1410. The second-order valence-corrected chi connectivity index (χ2v) is 12.9. The number of allylic oxidation sites excluding steroid dienone is 1. The maximum Gasteiger partial charge on any atom is 0.258 e. The van der Waals surface area contributed by atoms with Crippen LogP contribution in [0.15, 0.2) is 47.5 Å². The average Bonchev–Trinajstić information content (AvgIpc) is 3.27. The lowest BCUT2D eigenvalue weighted by molar-refractivity contribution is 0.304. The number of nitrogens with zero attached hydrogens (tertiary/aromatic N) is 2. The first kappa shape index (κ1) is 24.2. The highest BCUT2D eigenvalue weighted by molar-refractivity contribution is 7.91. The van der Waals surface area contributed by atoms with Crippen LogP contribution < -0.4 is 15.6 Å². The van der Waals surface area contributed by atoms with Crippen LogP contribution in [-0.4, -0.2) is 35.5 Å². The van der Waals surface area contributed by atoms with E-state index in [0.717, 1.165) is 35.7 Å². The van der Waals surface area contributed by atoms with Gasteiger partial charge in [-0.2, -0.15) is 0 Å². The number of aromatic nitrogens is 2. The number of pyridine rings is 1. The van der Waals surface area contributed by atoms with E-state index in [0.29, 0.717) is 22.9 Å². The molecule has 0 bridgehead atoms. The van der Waals surface area contributed by atoms with E-state index >= 15 is 0 Å². The molecular weight excluding hydrogens is 506 g/mol. The Hall–Kier alpha value is -2.46. The number of thiazole rings is 1. The number of rotatable bonds is 7. The van der Waals surface area contributed by atoms with Crippen molar-refractivity contribution in [2.45, 2.75) is 44.9 Å². The van der Waals surface area contributed by atoms with Gasteiger partial charge in [0.15, 0.2) is 0 Å². The quantitative estimate of drug-likeness (QED) is 0.492. The highest BCUT2D eigenvalue weighted by atomic mass is 35.5. The summed E-state index contributed by atoms with van der Waals surface area (Å²) >= 11 is 7.25. The molecule has 7 nitrogen and oxygen atoms in total. The molecule has 0 saturated carbocycles. The van der Waals surface area contributed by atoms with E-state index in [1.807, 2.05) is 0 Å². The minimum absolute atomic E-state index is 0.135. The zero-order chi connectivity index (χ0) is 24.4. The van der Waals surface area contributed by atoms with Crippen LogP contribution in [0.2, 0.25) is 4.34 Å². The van der Waals surface area contributed by atoms with Crippen LogP contribution in [0.3, 0.4) is 0 Å². The number of fused-ring (bicyclic) bond motifs is 1. The van der Waals surface area contributed by atoms with Gasteiger partial charge in [-0.25, -0.2) is 13.4 Å². The van der Waals surface area contributed by atoms with Gasteiger partial charge < -0.3 is 10.1 Å². The molecule has 0 spiro atoms. The summed E-state index contributed by atoms with van der Waals surface area (Å²) in [6.45, 7) is 0.997. The molecule has 0 atom stereocenters. The lowest BCUT2D eigenvalue weighted by atomic mass is 9.93. The first-order valence-electron chi connectivity index (χ1n) is 11.6. The Morgan fingerprint density at radius 3 is 2.74 bits per heavy atom. The zero-order valence-corrected chi connectivity index (χ0v) is 21.5. The third-order valence-corrected chi connectivity index (χ3v) is 9.22. The number of benzene rings is 1. The summed E-state index contributed by atoms with van der Waals surface area (Å²) in [4.78, 5) is 16.9. The molecule has 0 amide bonds. The smallest absolute Gasteiger partial charge is 0.258 e. The normalized spacial score (nSPS) is 17.6. The van der Waals surface area contributed by atoms with E-state index in [2.05, 4.69) is 34.6 Å². The number of nitrogens with one attached hydrogen (secondary N) is 1. The first-order valence-corrected chi connectivity index (χ1v) is 14.6. The van der Waals surface area contributed by atoms with Crippen LogP contribution in [0.25, 0.3) is 11.8 Å². The van der Waals surface area contributed by atoms with Crippen LogP contribution in [-0.2, 0) is 29.4 Å². The minimum atomic E-state index is -2.84. The van der Waals surface area contributed by atoms with E-state index in [1.165, 1.54) is 28.5 Å². The molecule has 35 heavy (non-hydrogen) atoms. The monoisotopic (exact) mass is 531 g/mol. The van der Waals surface area contributed by atoms with Gasteiger partial charge in [0.2, 0.25) is 0 Å². The maximum atomic E-state index is 12.8. The Labute approximate surface area is 213 Å². The molecule has 0 unspecified atom stereocenters. The van der Waals surface area contributed by atoms with E-state index in [9.17, 15) is 13.2 Å². The zero-order valence-electron chi connectivity index (χ0n) is 19.1. The van der Waals surface area contributed by atoms with Crippen molar-refractivity contribution in [1.82, 2.24) is 14.9 Å². The van der Waals surface area contributed by atoms with Crippen molar-refractivity contribution in [3.8, 4) is 5.75 Å². The fraction of sp³-hybridized carbons (Fsp3) is 0.360. The maximum absolute atomic E-state index is 12.8. The standard InChI is InChI=1S/C25H26ClN3O4S2/c26-23-15-28-24(34-23)16-33-22-5-8-29(25(30)13-22)21-4-3-18-11-17(1-2-19(18)12-21)14-27-20-6-9-35(31,32)10-7-20/h1-2,5,8,11-13,15,20,27H,3-4,6-7,9-10,14,16H2. The fourth-order valence-electron chi connectivity index (χ4n) is 4.47. The fourth-order valence-corrected chi connectivity index (χ4v) is 6.84. The lowest BCUT2D eigenvalue weighted by Crippen LogP contribution is -2.37. The number of aryl methyl sites for hydroxylation is 1. The van der Waals surface area contributed by atoms with Gasteiger partial charge in [-0.05, 0) is 54.5 Å². The molecule has 5 rings (SSSR count). The third kappa shape index (κ3) is 6.03. The van der Waals surface area contributed by atoms with Crippen molar-refractivity contribution in [1.29, 1.82) is 0 Å². The van der Waals surface area contributed by atoms with Gasteiger partial charge in [-0.15, -0.1) is 11.3 Å². The predicted octanol–water partition coefficient (Wildman–Crippen LogP) is 4.15. The molecule has 0 radical (unpaired) electrons. The summed E-state index contributed by atoms with van der Waals surface area (Å²) in [5.74, 6) is 1.05. The van der Waals surface area contributed by atoms with Gasteiger partial charge >= 0.3 is 0 Å². The molecule has 1 aliphatic heterocycles. The average molecular weight is 532 g/mol. The topological polar surface area (TPSA) is 90.3 Å². The van der Waals surface area contributed by atoms with E-state index in [1.54, 1.807) is 23.0 Å². The Kier molecular flexibility index (Phi) is 7.11. The molecule has 1 fully saturated rings. The molecule has 3 heterocycles. The van der Waals surface area contributed by atoms with Gasteiger partial charge in [0.25, 0.3) is 5.56 Å². The molecule has 10 heteroatoms. The van der Waals surface area contributed by atoms with E-state index < -0.39 is 9.84 Å². The molecule has 1 aliphatic carbocycles. The van der Waals surface area contributed by atoms with Crippen molar-refractivity contribution in [2.24, 2.45) is 0 Å². The number of hydrogen-bond acceptors (Lipinski definition) is 7. The molecular formula is C25H26ClN3O4S2. The molecule has 1 aromatic carbocycles. The molecule has 1 N–H and O–H groups in total. The Balaban J connectivity index is 1.22. The minimum Gasteiger partial charge on any atom is -0.486 e. The van der Waals surface area contributed by atoms with Crippen LogP contribution in [0, 0.1) is 0 Å². The second-order valence-electron chi connectivity index (χ2n) is 8.89. The SMILES string of the molecule is O=c1cc(OCc2ncc(Cl)s2)ccn1C1=Cc2ccc(CNC3CCS(=O)(=O)CC3)cc2CC1. The highest BCUT2D eigenvalue weighted by Crippen LogP contribution is 2.28. The molecule has 2 aromatic heterocycles. The molecule has 2 aliphatic rings. The summed E-state index contributed by atoms with van der Waals surface area (Å²) in [5, 5.41) is 4.26. The summed E-state index contributed by atoms with van der Waals surface area (Å²) in [6, 6.07) is 9.93. The van der Waals surface area contributed by atoms with Crippen LogP contribution in [0.4, 0.5) is 0 Å². The van der Waals surface area contributed by atoms with Crippen LogP contribution >= 0.6 is 22.9 Å². The number of halogens is 1. The van der Waals surface area contributed by atoms with Gasteiger partial charge in [0.1, 0.15) is 31.5 Å². The number of hydrogen-bond donors (Lipinski definition) is 1. The van der Waals surface area contributed by atoms with Gasteiger partial charge in [-0.3, -0.25) is 9.36 Å². The number of ether oxygens (including phenoxy) is 1. The Morgan fingerprint density at radius 1 is 1.17 bits per heavy atom. The van der Waals surface area contributed by atoms with Gasteiger partial charge in [0.05, 0.1) is 17.7 Å². The van der Waals surface area contributed by atoms with Crippen molar-refractivity contribution in [2.75, 3.05) is 11.5 Å². The van der Waals surface area contributed by atoms with E-state index in [-0.39, 0.29) is 29.7 Å². The van der Waals surface area contributed by atoms with Gasteiger partial charge in [0, 0.05) is 30.5 Å². The van der Waals surface area contributed by atoms with Crippen LogP contribution in [0.5, 0.6) is 5.75 Å². The summed E-state index contributed by atoms with van der Waals surface area (Å²) in [7, 11) is -2.84. The number of sulfone groups is 1. The predicted molar refractivity (Wildman–Crippen MR) is 140 cm³/mol. The van der Waals surface area contributed by atoms with Crippen molar-refractivity contribution in [3.05, 3.63) is 79.1 Å². The Morgan fingerprint density at radius 2 is 2.00 bits per heavy atom. The third-order valence-electron chi connectivity index (χ3n) is 6.42. The van der Waals surface area contributed by atoms with Crippen molar-refractivity contribution in [3.63, 3.8) is 0 Å². The first-order chi connectivity index (χ1) is 16.8. The van der Waals surface area contributed by atoms with E-state index in [4.69, 9.17) is 16.3 Å². The molecule has 1 saturated heterocycles. The summed E-state index contributed by atoms with van der Waals surface area (Å²) in [5.41, 5.74) is 4.38. The van der Waals surface area contributed by atoms with Crippen molar-refractivity contribution >= 4 is 44.5 Å².